The number of halogens is 2. The topological polar surface area (TPSA) is 35.8 Å². The van der Waals surface area contributed by atoms with Crippen molar-refractivity contribution in [1.29, 1.82) is 5.26 Å². The molecule has 5 heteroatoms. The molecule has 0 fully saturated rings. The minimum Gasteiger partial charge on any atom is -0.305 e. The van der Waals surface area contributed by atoms with Crippen LogP contribution in [0.3, 0.4) is 0 Å². The summed E-state index contributed by atoms with van der Waals surface area (Å²) in [4.78, 5) is 1.07. The SMILES string of the molecule is CNC(C#N)CCSc1ccc(Cl)c(Cl)c1. The second kappa shape index (κ2) is 7.03. The lowest BCUT2D eigenvalue weighted by Crippen LogP contribution is -2.23. The van der Waals surface area contributed by atoms with Crippen molar-refractivity contribution in [1.82, 2.24) is 5.32 Å². The summed E-state index contributed by atoms with van der Waals surface area (Å²) in [5.74, 6) is 0.872. The van der Waals surface area contributed by atoms with Gasteiger partial charge in [0.05, 0.1) is 22.2 Å². The predicted molar refractivity (Wildman–Crippen MR) is 70.3 cm³/mol. The Labute approximate surface area is 110 Å². The maximum atomic E-state index is 8.74. The molecule has 0 aliphatic heterocycles. The fourth-order valence-corrected chi connectivity index (χ4v) is 2.45. The fraction of sp³-hybridized carbons (Fsp3) is 0.364. The first-order valence-corrected chi connectivity index (χ1v) is 6.56. The Kier molecular flexibility index (Phi) is 6.00. The summed E-state index contributed by atoms with van der Waals surface area (Å²) in [5.41, 5.74) is 0. The molecule has 16 heavy (non-hydrogen) atoms. The van der Waals surface area contributed by atoms with Gasteiger partial charge in [-0.25, -0.2) is 0 Å². The third-order valence-electron chi connectivity index (χ3n) is 2.07. The summed E-state index contributed by atoms with van der Waals surface area (Å²) in [6.45, 7) is 0. The van der Waals surface area contributed by atoms with Crippen LogP contribution in [0.25, 0.3) is 0 Å². The third-order valence-corrected chi connectivity index (χ3v) is 3.84. The Morgan fingerprint density at radius 3 is 2.75 bits per heavy atom. The van der Waals surface area contributed by atoms with Gasteiger partial charge < -0.3 is 5.32 Å². The molecule has 1 aromatic rings. The molecule has 0 radical (unpaired) electrons. The zero-order valence-electron chi connectivity index (χ0n) is 8.84. The van der Waals surface area contributed by atoms with Crippen LogP contribution in [-0.2, 0) is 0 Å². The van der Waals surface area contributed by atoms with Crippen LogP contribution in [0.4, 0.5) is 0 Å². The molecule has 1 N–H and O–H groups in total. The molecule has 0 spiro atoms. The highest BCUT2D eigenvalue weighted by molar-refractivity contribution is 7.99. The first kappa shape index (κ1) is 13.7. The van der Waals surface area contributed by atoms with Crippen LogP contribution in [0.5, 0.6) is 0 Å². The average molecular weight is 275 g/mol. The molecule has 0 aliphatic carbocycles. The monoisotopic (exact) mass is 274 g/mol. The van der Waals surface area contributed by atoms with Crippen LogP contribution in [0.1, 0.15) is 6.42 Å². The molecule has 1 aromatic carbocycles. The standard InChI is InChI=1S/C11H12Cl2N2S/c1-15-8(7-14)4-5-16-9-2-3-10(12)11(13)6-9/h2-3,6,8,15H,4-5H2,1H3. The van der Waals surface area contributed by atoms with E-state index < -0.39 is 0 Å². The van der Waals surface area contributed by atoms with Crippen LogP contribution in [0.2, 0.25) is 10.0 Å². The maximum Gasteiger partial charge on any atom is 0.0958 e. The Morgan fingerprint density at radius 2 is 2.19 bits per heavy atom. The average Bonchev–Trinajstić information content (AvgIpc) is 2.29. The van der Waals surface area contributed by atoms with E-state index in [1.807, 2.05) is 12.1 Å². The molecule has 1 unspecified atom stereocenters. The van der Waals surface area contributed by atoms with Crippen LogP contribution in [-0.4, -0.2) is 18.8 Å². The highest BCUT2D eigenvalue weighted by atomic mass is 35.5. The third kappa shape index (κ3) is 4.23. The second-order valence-electron chi connectivity index (χ2n) is 3.18. The van der Waals surface area contributed by atoms with E-state index in [9.17, 15) is 0 Å². The van der Waals surface area contributed by atoms with Crippen molar-refractivity contribution in [3.05, 3.63) is 28.2 Å². The van der Waals surface area contributed by atoms with Gasteiger partial charge in [0.2, 0.25) is 0 Å². The van der Waals surface area contributed by atoms with Crippen molar-refractivity contribution in [3.8, 4) is 6.07 Å². The van der Waals surface area contributed by atoms with E-state index >= 15 is 0 Å². The number of nitrogens with zero attached hydrogens (tertiary/aromatic N) is 1. The number of hydrogen-bond acceptors (Lipinski definition) is 3. The molecule has 0 amide bonds. The summed E-state index contributed by atoms with van der Waals surface area (Å²) >= 11 is 13.4. The van der Waals surface area contributed by atoms with Gasteiger partial charge in [-0.1, -0.05) is 23.2 Å². The minimum absolute atomic E-state index is 0.0877. The van der Waals surface area contributed by atoms with Crippen molar-refractivity contribution in [2.45, 2.75) is 17.4 Å². The first-order valence-electron chi connectivity index (χ1n) is 4.82. The zero-order valence-corrected chi connectivity index (χ0v) is 11.2. The number of nitriles is 1. The minimum atomic E-state index is -0.0877. The van der Waals surface area contributed by atoms with E-state index in [0.29, 0.717) is 10.0 Å². The molecule has 1 atom stereocenters. The van der Waals surface area contributed by atoms with Crippen LogP contribution in [0, 0.1) is 11.3 Å². The Bertz CT molecular complexity index is 390. The lowest BCUT2D eigenvalue weighted by Gasteiger charge is -2.07. The van der Waals surface area contributed by atoms with Gasteiger partial charge in [-0.2, -0.15) is 5.26 Å². The second-order valence-corrected chi connectivity index (χ2v) is 5.17. The van der Waals surface area contributed by atoms with E-state index in [0.717, 1.165) is 17.1 Å². The van der Waals surface area contributed by atoms with Gasteiger partial charge in [-0.3, -0.25) is 0 Å². The van der Waals surface area contributed by atoms with E-state index in [-0.39, 0.29) is 6.04 Å². The van der Waals surface area contributed by atoms with Crippen molar-refractivity contribution in [2.24, 2.45) is 0 Å². The Morgan fingerprint density at radius 1 is 1.44 bits per heavy atom. The molecule has 86 valence electrons. The van der Waals surface area contributed by atoms with Gasteiger partial charge in [0.15, 0.2) is 0 Å². The maximum absolute atomic E-state index is 8.74. The summed E-state index contributed by atoms with van der Waals surface area (Å²) in [6.07, 6.45) is 0.803. The predicted octanol–water partition coefficient (Wildman–Crippen LogP) is 3.59. The van der Waals surface area contributed by atoms with Crippen molar-refractivity contribution < 1.29 is 0 Å². The van der Waals surface area contributed by atoms with Gasteiger partial charge in [0.25, 0.3) is 0 Å². The van der Waals surface area contributed by atoms with Crippen LogP contribution in [0.15, 0.2) is 23.1 Å². The number of nitrogens with one attached hydrogen (secondary N) is 1. The molecule has 0 heterocycles. The normalized spacial score (nSPS) is 12.1. The number of thioether (sulfide) groups is 1. The summed E-state index contributed by atoms with van der Waals surface area (Å²) in [7, 11) is 1.79. The molecule has 0 aliphatic rings. The molecular weight excluding hydrogens is 263 g/mol. The van der Waals surface area contributed by atoms with Crippen molar-refractivity contribution >= 4 is 35.0 Å². The molecule has 0 saturated carbocycles. The van der Waals surface area contributed by atoms with E-state index in [2.05, 4.69) is 11.4 Å². The first-order chi connectivity index (χ1) is 7.67. The van der Waals surface area contributed by atoms with E-state index in [4.69, 9.17) is 28.5 Å². The van der Waals surface area contributed by atoms with Crippen LogP contribution >= 0.6 is 35.0 Å². The quantitative estimate of drug-likeness (QED) is 0.834. The number of hydrogen-bond donors (Lipinski definition) is 1. The summed E-state index contributed by atoms with van der Waals surface area (Å²) in [6, 6.07) is 7.66. The van der Waals surface area contributed by atoms with Gasteiger partial charge in [0.1, 0.15) is 0 Å². The number of benzene rings is 1. The highest BCUT2D eigenvalue weighted by Crippen LogP contribution is 2.28. The molecule has 0 aromatic heterocycles. The molecular formula is C11H12Cl2N2S. The smallest absolute Gasteiger partial charge is 0.0958 e. The molecule has 0 saturated heterocycles. The largest absolute Gasteiger partial charge is 0.305 e. The van der Waals surface area contributed by atoms with Crippen molar-refractivity contribution in [3.63, 3.8) is 0 Å². The molecule has 2 nitrogen and oxygen atoms in total. The fourth-order valence-electron chi connectivity index (χ4n) is 1.13. The molecule has 1 rings (SSSR count). The highest BCUT2D eigenvalue weighted by Gasteiger charge is 2.04. The Balaban J connectivity index is 2.43. The van der Waals surface area contributed by atoms with Gasteiger partial charge in [-0.15, -0.1) is 11.8 Å². The lowest BCUT2D eigenvalue weighted by atomic mass is 10.3. The summed E-state index contributed by atoms with van der Waals surface area (Å²) < 4.78 is 0. The van der Waals surface area contributed by atoms with Crippen molar-refractivity contribution in [2.75, 3.05) is 12.8 Å². The van der Waals surface area contributed by atoms with E-state index in [1.165, 1.54) is 0 Å². The Hall–Kier alpha value is -0.400. The van der Waals surface area contributed by atoms with Gasteiger partial charge >= 0.3 is 0 Å². The van der Waals surface area contributed by atoms with Crippen LogP contribution < -0.4 is 5.32 Å². The number of rotatable bonds is 5. The van der Waals surface area contributed by atoms with Gasteiger partial charge in [-0.05, 0) is 31.7 Å². The zero-order chi connectivity index (χ0) is 12.0. The molecule has 0 bridgehead atoms. The lowest BCUT2D eigenvalue weighted by molar-refractivity contribution is 0.663. The van der Waals surface area contributed by atoms with Gasteiger partial charge in [0, 0.05) is 10.6 Å². The van der Waals surface area contributed by atoms with E-state index in [1.54, 1.807) is 24.9 Å². The summed E-state index contributed by atoms with van der Waals surface area (Å²) in [5, 5.41) is 12.8.